The second-order valence-corrected chi connectivity index (χ2v) is 9.10. The van der Waals surface area contributed by atoms with Crippen LogP contribution < -0.4 is 5.32 Å². The van der Waals surface area contributed by atoms with Crippen molar-refractivity contribution in [1.29, 1.82) is 0 Å². The van der Waals surface area contributed by atoms with E-state index in [2.05, 4.69) is 15.3 Å². The van der Waals surface area contributed by atoms with Crippen molar-refractivity contribution in [3.8, 4) is 11.3 Å². The number of thiazole rings is 1. The summed E-state index contributed by atoms with van der Waals surface area (Å²) in [7, 11) is 0. The van der Waals surface area contributed by atoms with Gasteiger partial charge in [0, 0.05) is 16.0 Å². The second-order valence-electron chi connectivity index (χ2n) is 7.67. The zero-order valence-corrected chi connectivity index (χ0v) is 19.6. The number of rotatable bonds is 5. The van der Waals surface area contributed by atoms with Crippen LogP contribution >= 0.6 is 22.9 Å². The summed E-state index contributed by atoms with van der Waals surface area (Å²) in [5, 5.41) is 4.31. The number of halogens is 1. The number of aromatic nitrogens is 2. The quantitative estimate of drug-likeness (QED) is 0.295. The number of ether oxygens (including phenoxy) is 1. The lowest BCUT2D eigenvalue weighted by atomic mass is 10.0. The highest BCUT2D eigenvalue weighted by Gasteiger charge is 2.18. The number of anilines is 1. The van der Waals surface area contributed by atoms with Gasteiger partial charge in [0.25, 0.3) is 5.91 Å². The van der Waals surface area contributed by atoms with E-state index in [1.807, 2.05) is 61.5 Å². The van der Waals surface area contributed by atoms with Gasteiger partial charge in [-0.25, -0.2) is 14.8 Å². The van der Waals surface area contributed by atoms with E-state index in [4.69, 9.17) is 16.3 Å². The highest BCUT2D eigenvalue weighted by atomic mass is 35.5. The molecule has 1 amide bonds. The lowest BCUT2D eigenvalue weighted by Gasteiger charge is -2.11. The first kappa shape index (κ1) is 22.0. The van der Waals surface area contributed by atoms with Gasteiger partial charge < -0.3 is 4.74 Å². The molecule has 0 aliphatic carbocycles. The Bertz CT molecular complexity index is 1560. The summed E-state index contributed by atoms with van der Waals surface area (Å²) in [6, 6.07) is 22.1. The topological polar surface area (TPSA) is 81.2 Å². The first-order valence-corrected chi connectivity index (χ1v) is 11.7. The van der Waals surface area contributed by atoms with E-state index < -0.39 is 18.5 Å². The number of carbonyl (C=O) groups excluding carboxylic acids is 2. The van der Waals surface area contributed by atoms with Gasteiger partial charge in [-0.1, -0.05) is 65.4 Å². The fraction of sp³-hybridized carbons (Fsp3) is 0.0769. The molecule has 168 valence electrons. The van der Waals surface area contributed by atoms with Crippen LogP contribution in [0, 0.1) is 6.92 Å². The monoisotopic (exact) mass is 487 g/mol. The number of amides is 1. The van der Waals surface area contributed by atoms with Gasteiger partial charge in [-0.15, -0.1) is 0 Å². The molecule has 0 saturated heterocycles. The van der Waals surface area contributed by atoms with E-state index in [0.29, 0.717) is 37.9 Å². The third kappa shape index (κ3) is 4.48. The third-order valence-corrected chi connectivity index (χ3v) is 6.47. The predicted molar refractivity (Wildman–Crippen MR) is 135 cm³/mol. The molecule has 0 aliphatic rings. The minimum Gasteiger partial charge on any atom is -0.452 e. The number of hydrogen-bond donors (Lipinski definition) is 1. The van der Waals surface area contributed by atoms with Crippen molar-refractivity contribution in [2.24, 2.45) is 0 Å². The zero-order chi connectivity index (χ0) is 23.7. The third-order valence-electron chi connectivity index (χ3n) is 5.21. The predicted octanol–water partition coefficient (Wildman–Crippen LogP) is 6.27. The van der Waals surface area contributed by atoms with Crippen molar-refractivity contribution in [2.45, 2.75) is 6.92 Å². The summed E-state index contributed by atoms with van der Waals surface area (Å²) < 4.78 is 6.32. The van der Waals surface area contributed by atoms with E-state index in [-0.39, 0.29) is 0 Å². The van der Waals surface area contributed by atoms with Gasteiger partial charge in [-0.2, -0.15) is 0 Å². The molecule has 5 rings (SSSR count). The Kier molecular flexibility index (Phi) is 5.96. The maximum absolute atomic E-state index is 13.0. The maximum Gasteiger partial charge on any atom is 0.339 e. The van der Waals surface area contributed by atoms with Crippen molar-refractivity contribution < 1.29 is 14.3 Å². The first-order chi connectivity index (χ1) is 16.5. The minimum absolute atomic E-state index is 0.309. The van der Waals surface area contributed by atoms with Crippen molar-refractivity contribution in [3.63, 3.8) is 0 Å². The second kappa shape index (κ2) is 9.21. The van der Waals surface area contributed by atoms with Crippen LogP contribution in [0.2, 0.25) is 5.02 Å². The summed E-state index contributed by atoms with van der Waals surface area (Å²) in [5.74, 6) is -1.09. The number of carbonyl (C=O) groups is 2. The van der Waals surface area contributed by atoms with Gasteiger partial charge in [-0.05, 0) is 42.8 Å². The van der Waals surface area contributed by atoms with Crippen LogP contribution in [0.25, 0.3) is 32.4 Å². The van der Waals surface area contributed by atoms with Crippen LogP contribution in [0.3, 0.4) is 0 Å². The summed E-state index contributed by atoms with van der Waals surface area (Å²) in [6.07, 6.45) is 0. The Balaban J connectivity index is 1.36. The number of pyridine rings is 1. The molecule has 2 heterocycles. The molecule has 0 saturated carbocycles. The van der Waals surface area contributed by atoms with Gasteiger partial charge in [-0.3, -0.25) is 10.1 Å². The average molecular weight is 488 g/mol. The number of esters is 1. The van der Waals surface area contributed by atoms with Crippen LogP contribution in [0.5, 0.6) is 0 Å². The maximum atomic E-state index is 13.0. The van der Waals surface area contributed by atoms with Crippen molar-refractivity contribution in [2.75, 3.05) is 11.9 Å². The number of nitrogens with zero attached hydrogens (tertiary/aromatic N) is 2. The standard InChI is InChI=1S/C26H18ClN3O3S/c1-15-10-11-21-23(12-15)34-26(29-21)30-24(31)14-33-25(32)18-13-22(17-7-2-4-8-19(17)27)28-20-9-5-3-6-16(18)20/h2-13H,14H2,1H3,(H,29,30,31). The Hall–Kier alpha value is -3.81. The Labute approximate surface area is 204 Å². The van der Waals surface area contributed by atoms with Crippen LogP contribution in [0.15, 0.2) is 72.8 Å². The van der Waals surface area contributed by atoms with Crippen molar-refractivity contribution in [3.05, 3.63) is 88.9 Å². The fourth-order valence-corrected chi connectivity index (χ4v) is 4.81. The number of para-hydroxylation sites is 1. The first-order valence-electron chi connectivity index (χ1n) is 10.5. The van der Waals surface area contributed by atoms with E-state index in [1.54, 1.807) is 18.2 Å². The van der Waals surface area contributed by atoms with Crippen LogP contribution in [0.1, 0.15) is 15.9 Å². The number of nitrogens with one attached hydrogen (secondary N) is 1. The molecule has 0 aliphatic heterocycles. The number of benzene rings is 3. The van der Waals surface area contributed by atoms with E-state index in [1.165, 1.54) is 11.3 Å². The lowest BCUT2D eigenvalue weighted by Crippen LogP contribution is -2.21. The Morgan fingerprint density at radius 2 is 1.76 bits per heavy atom. The zero-order valence-electron chi connectivity index (χ0n) is 18.0. The highest BCUT2D eigenvalue weighted by molar-refractivity contribution is 7.22. The van der Waals surface area contributed by atoms with E-state index >= 15 is 0 Å². The molecular weight excluding hydrogens is 470 g/mol. The Morgan fingerprint density at radius 3 is 2.62 bits per heavy atom. The molecule has 0 bridgehead atoms. The van der Waals surface area contributed by atoms with Crippen LogP contribution in [-0.4, -0.2) is 28.5 Å². The lowest BCUT2D eigenvalue weighted by molar-refractivity contribution is -0.119. The molecule has 0 fully saturated rings. The molecule has 6 nitrogen and oxygen atoms in total. The molecule has 8 heteroatoms. The Morgan fingerprint density at radius 1 is 0.971 bits per heavy atom. The summed E-state index contributed by atoms with van der Waals surface area (Å²) in [6.45, 7) is 1.56. The van der Waals surface area contributed by atoms with Gasteiger partial charge in [0.2, 0.25) is 0 Å². The summed E-state index contributed by atoms with van der Waals surface area (Å²) >= 11 is 7.71. The van der Waals surface area contributed by atoms with Crippen molar-refractivity contribution in [1.82, 2.24) is 9.97 Å². The van der Waals surface area contributed by atoms with Crippen LogP contribution in [0.4, 0.5) is 5.13 Å². The van der Waals surface area contributed by atoms with Crippen molar-refractivity contribution >= 4 is 61.1 Å². The molecule has 0 radical (unpaired) electrons. The summed E-state index contributed by atoms with van der Waals surface area (Å²) in [5.41, 5.74) is 4.10. The summed E-state index contributed by atoms with van der Waals surface area (Å²) in [4.78, 5) is 34.5. The van der Waals surface area contributed by atoms with Gasteiger partial charge >= 0.3 is 5.97 Å². The SMILES string of the molecule is Cc1ccc2nc(NC(=O)COC(=O)c3cc(-c4ccccc4Cl)nc4ccccc34)sc2c1. The largest absolute Gasteiger partial charge is 0.452 e. The van der Waals surface area contributed by atoms with Gasteiger partial charge in [0.15, 0.2) is 11.7 Å². The number of hydrogen-bond acceptors (Lipinski definition) is 6. The van der Waals surface area contributed by atoms with Gasteiger partial charge in [0.1, 0.15) is 0 Å². The molecular formula is C26H18ClN3O3S. The molecule has 1 N–H and O–H groups in total. The van der Waals surface area contributed by atoms with Gasteiger partial charge in [0.05, 0.1) is 27.0 Å². The number of fused-ring (bicyclic) bond motifs is 2. The fourth-order valence-electron chi connectivity index (χ4n) is 3.60. The highest BCUT2D eigenvalue weighted by Crippen LogP contribution is 2.30. The molecule has 2 aromatic heterocycles. The minimum atomic E-state index is -0.623. The molecule has 0 unspecified atom stereocenters. The van der Waals surface area contributed by atoms with E-state index in [9.17, 15) is 9.59 Å². The average Bonchev–Trinajstić information content (AvgIpc) is 3.23. The smallest absolute Gasteiger partial charge is 0.339 e. The van der Waals surface area contributed by atoms with E-state index in [0.717, 1.165) is 15.8 Å². The van der Waals surface area contributed by atoms with Crippen LogP contribution in [-0.2, 0) is 9.53 Å². The molecule has 34 heavy (non-hydrogen) atoms. The molecule has 5 aromatic rings. The normalized spacial score (nSPS) is 11.0. The number of aryl methyl sites for hydroxylation is 1. The molecule has 3 aromatic carbocycles. The molecule has 0 spiro atoms. The molecule has 0 atom stereocenters.